The lowest BCUT2D eigenvalue weighted by Gasteiger charge is -2.07. The van der Waals surface area contributed by atoms with Crippen LogP contribution in [0.1, 0.15) is 44.6 Å². The number of H-pyrrole nitrogens is 1. The maximum absolute atomic E-state index is 13.1. The molecule has 2 aromatic heterocycles. The van der Waals surface area contributed by atoms with Crippen LogP contribution in [0.3, 0.4) is 0 Å². The second-order valence-corrected chi connectivity index (χ2v) is 7.41. The number of Topliss-reactive ketones (excluding diaryl/α,β-unsaturated/α-hetero) is 1. The molecule has 5 rings (SSSR count). The smallest absolute Gasteiger partial charge is 0.358 e. The highest BCUT2D eigenvalue weighted by molar-refractivity contribution is 6.01. The number of rotatable bonds is 5. The number of fused-ring (bicyclic) bond motifs is 5. The molecule has 7 heteroatoms. The van der Waals surface area contributed by atoms with Crippen molar-refractivity contribution in [2.24, 2.45) is 0 Å². The van der Waals surface area contributed by atoms with Gasteiger partial charge >= 0.3 is 5.97 Å². The van der Waals surface area contributed by atoms with Gasteiger partial charge in [-0.15, -0.1) is 0 Å². The lowest BCUT2D eigenvalue weighted by molar-refractivity contribution is 0.0520. The van der Waals surface area contributed by atoms with Gasteiger partial charge in [-0.2, -0.15) is 0 Å². The molecule has 0 bridgehead atoms. The van der Waals surface area contributed by atoms with Crippen molar-refractivity contribution in [3.05, 3.63) is 93.2 Å². The van der Waals surface area contributed by atoms with Crippen LogP contribution in [-0.2, 0) is 17.6 Å². The van der Waals surface area contributed by atoms with Crippen LogP contribution in [-0.4, -0.2) is 32.7 Å². The highest BCUT2D eigenvalue weighted by atomic mass is 16.5. The summed E-state index contributed by atoms with van der Waals surface area (Å²) in [5.41, 5.74) is 4.52. The number of carbonyl (C=O) groups excluding carboxylic acids is 2. The first-order valence-corrected chi connectivity index (χ1v) is 10.1. The Morgan fingerprint density at radius 1 is 1.13 bits per heavy atom. The van der Waals surface area contributed by atoms with E-state index in [2.05, 4.69) is 9.97 Å². The maximum atomic E-state index is 13.1. The first-order chi connectivity index (χ1) is 15.1. The van der Waals surface area contributed by atoms with Gasteiger partial charge in [0.15, 0.2) is 11.5 Å². The number of imidazole rings is 1. The van der Waals surface area contributed by atoms with E-state index in [9.17, 15) is 14.4 Å². The van der Waals surface area contributed by atoms with E-state index in [4.69, 9.17) is 4.74 Å². The Morgan fingerprint density at radius 3 is 2.71 bits per heavy atom. The standard InChI is InChI=1S/C24H19N3O4/c1-2-31-24(30)18-13-27-19-12-17-15(20(28)11-14-7-4-3-5-8-14)9-6-10-16(17)21(19)26-23(29)22(27)25-18/h3-10,13H,2,11-12H2,1H3,(H,26,29). The SMILES string of the molecule is CCOC(=O)c1cn2c3c([nH]c(=O)c2n1)-c1cccc(C(=O)Cc2ccccc2)c1C3. The predicted molar refractivity (Wildman–Crippen MR) is 114 cm³/mol. The first kappa shape index (κ1) is 19.0. The molecule has 0 saturated heterocycles. The molecule has 0 fully saturated rings. The van der Waals surface area contributed by atoms with E-state index >= 15 is 0 Å². The summed E-state index contributed by atoms with van der Waals surface area (Å²) >= 11 is 0. The molecule has 2 aromatic carbocycles. The number of hydrogen-bond acceptors (Lipinski definition) is 5. The van der Waals surface area contributed by atoms with Crippen molar-refractivity contribution in [2.45, 2.75) is 19.8 Å². The third-order valence-electron chi connectivity index (χ3n) is 5.51. The Bertz CT molecular complexity index is 1400. The molecule has 1 aliphatic rings. The van der Waals surface area contributed by atoms with Crippen molar-refractivity contribution in [3.8, 4) is 11.3 Å². The number of esters is 1. The van der Waals surface area contributed by atoms with Crippen LogP contribution in [0.5, 0.6) is 0 Å². The normalized spacial score (nSPS) is 11.9. The van der Waals surface area contributed by atoms with Crippen LogP contribution in [0, 0.1) is 0 Å². The lowest BCUT2D eigenvalue weighted by Crippen LogP contribution is -2.13. The second-order valence-electron chi connectivity index (χ2n) is 7.41. The van der Waals surface area contributed by atoms with E-state index in [1.807, 2.05) is 48.5 Å². The van der Waals surface area contributed by atoms with Crippen LogP contribution in [0.25, 0.3) is 16.9 Å². The molecule has 31 heavy (non-hydrogen) atoms. The Morgan fingerprint density at radius 2 is 1.94 bits per heavy atom. The molecule has 0 radical (unpaired) electrons. The molecule has 1 aliphatic carbocycles. The fourth-order valence-corrected chi connectivity index (χ4v) is 4.12. The molecule has 154 valence electrons. The topological polar surface area (TPSA) is 93.5 Å². The van der Waals surface area contributed by atoms with Gasteiger partial charge in [0, 0.05) is 30.2 Å². The van der Waals surface area contributed by atoms with Crippen molar-refractivity contribution in [1.29, 1.82) is 0 Å². The van der Waals surface area contributed by atoms with Crippen molar-refractivity contribution in [1.82, 2.24) is 14.4 Å². The van der Waals surface area contributed by atoms with E-state index in [-0.39, 0.29) is 23.7 Å². The molecule has 0 amide bonds. The summed E-state index contributed by atoms with van der Waals surface area (Å²) < 4.78 is 6.64. The molecule has 0 saturated carbocycles. The van der Waals surface area contributed by atoms with Crippen LogP contribution in [0.15, 0.2) is 59.5 Å². The summed E-state index contributed by atoms with van der Waals surface area (Å²) in [6.07, 6.45) is 2.28. The molecule has 7 nitrogen and oxygen atoms in total. The summed E-state index contributed by atoms with van der Waals surface area (Å²) in [5.74, 6) is -0.555. The monoisotopic (exact) mass is 413 g/mol. The van der Waals surface area contributed by atoms with Gasteiger partial charge in [0.05, 0.1) is 18.0 Å². The van der Waals surface area contributed by atoms with E-state index in [0.29, 0.717) is 24.1 Å². The zero-order valence-electron chi connectivity index (χ0n) is 16.8. The quantitative estimate of drug-likeness (QED) is 0.353. The third kappa shape index (κ3) is 3.15. The fourth-order valence-electron chi connectivity index (χ4n) is 4.12. The molecular formula is C24H19N3O4. The molecule has 0 unspecified atom stereocenters. The molecule has 4 aromatic rings. The summed E-state index contributed by atoms with van der Waals surface area (Å²) in [4.78, 5) is 44.9. The van der Waals surface area contributed by atoms with Crippen molar-refractivity contribution in [2.75, 3.05) is 6.61 Å². The number of hydrogen-bond donors (Lipinski definition) is 1. The number of aromatic amines is 1. The van der Waals surface area contributed by atoms with E-state index in [1.54, 1.807) is 11.3 Å². The van der Waals surface area contributed by atoms with E-state index in [1.165, 1.54) is 6.20 Å². The van der Waals surface area contributed by atoms with Gasteiger partial charge in [-0.3, -0.25) is 14.0 Å². The molecular weight excluding hydrogens is 394 g/mol. The Balaban J connectivity index is 1.58. The minimum Gasteiger partial charge on any atom is -0.461 e. The van der Waals surface area contributed by atoms with Crippen LogP contribution in [0.4, 0.5) is 0 Å². The summed E-state index contributed by atoms with van der Waals surface area (Å²) in [6, 6.07) is 15.1. The number of benzene rings is 2. The van der Waals surface area contributed by atoms with Crippen molar-refractivity contribution < 1.29 is 14.3 Å². The zero-order chi connectivity index (χ0) is 21.5. The maximum Gasteiger partial charge on any atom is 0.358 e. The highest BCUT2D eigenvalue weighted by Crippen LogP contribution is 2.37. The highest BCUT2D eigenvalue weighted by Gasteiger charge is 2.28. The second kappa shape index (κ2) is 7.36. The summed E-state index contributed by atoms with van der Waals surface area (Å²) in [6.45, 7) is 1.93. The average molecular weight is 413 g/mol. The van der Waals surface area contributed by atoms with Gasteiger partial charge < -0.3 is 9.72 Å². The Kier molecular flexibility index (Phi) is 4.51. The zero-order valence-corrected chi connectivity index (χ0v) is 16.8. The summed E-state index contributed by atoms with van der Waals surface area (Å²) in [5, 5.41) is 0. The van der Waals surface area contributed by atoms with Gasteiger partial charge in [-0.1, -0.05) is 48.5 Å². The number of nitrogens with one attached hydrogen (secondary N) is 1. The summed E-state index contributed by atoms with van der Waals surface area (Å²) in [7, 11) is 0. The number of carbonyl (C=O) groups is 2. The largest absolute Gasteiger partial charge is 0.461 e. The Labute approximate surface area is 177 Å². The van der Waals surface area contributed by atoms with Gasteiger partial charge in [-0.05, 0) is 18.1 Å². The van der Waals surface area contributed by atoms with Crippen molar-refractivity contribution >= 4 is 17.4 Å². The lowest BCUT2D eigenvalue weighted by atomic mass is 9.96. The Hall–Kier alpha value is -4.00. The van der Waals surface area contributed by atoms with Crippen LogP contribution < -0.4 is 5.56 Å². The molecule has 0 atom stereocenters. The average Bonchev–Trinajstić information content (AvgIpc) is 3.37. The molecule has 0 aliphatic heterocycles. The van der Waals surface area contributed by atoms with Crippen molar-refractivity contribution in [3.63, 3.8) is 0 Å². The van der Waals surface area contributed by atoms with Crippen LogP contribution in [0.2, 0.25) is 0 Å². The van der Waals surface area contributed by atoms with Gasteiger partial charge in [0.25, 0.3) is 5.56 Å². The van der Waals surface area contributed by atoms with Gasteiger partial charge in [-0.25, -0.2) is 9.78 Å². The molecule has 2 heterocycles. The minimum atomic E-state index is -0.575. The number of aromatic nitrogens is 3. The third-order valence-corrected chi connectivity index (χ3v) is 5.51. The molecule has 0 spiro atoms. The van der Waals surface area contributed by atoms with Crippen LogP contribution >= 0.6 is 0 Å². The van der Waals surface area contributed by atoms with E-state index in [0.717, 1.165) is 22.4 Å². The fraction of sp³-hybridized carbons (Fsp3) is 0.167. The first-order valence-electron chi connectivity index (χ1n) is 10.1. The molecule has 1 N–H and O–H groups in total. The predicted octanol–water partition coefficient (Wildman–Crippen LogP) is 3.20. The number of ether oxygens (including phenoxy) is 1. The minimum absolute atomic E-state index is 0.0206. The van der Waals surface area contributed by atoms with Gasteiger partial charge in [0.1, 0.15) is 0 Å². The number of nitrogens with zero attached hydrogens (tertiary/aromatic N) is 2. The number of ketones is 1. The van der Waals surface area contributed by atoms with Gasteiger partial charge in [0.2, 0.25) is 5.65 Å². The van der Waals surface area contributed by atoms with E-state index < -0.39 is 11.5 Å².